The number of hydrogen-bond acceptors (Lipinski definition) is 4. The molecule has 0 rings (SSSR count). The Labute approximate surface area is 102 Å². The van der Waals surface area contributed by atoms with E-state index >= 15 is 0 Å². The van der Waals surface area contributed by atoms with Crippen LogP contribution in [0.3, 0.4) is 0 Å². The minimum absolute atomic E-state index is 0.0575. The van der Waals surface area contributed by atoms with E-state index in [0.717, 1.165) is 0 Å². The van der Waals surface area contributed by atoms with Gasteiger partial charge in [0.25, 0.3) is 0 Å². The fraction of sp³-hybridized carbons (Fsp3) is 0.636. The first-order valence-electron chi connectivity index (χ1n) is 5.54. The average molecular weight is 261 g/mol. The summed E-state index contributed by atoms with van der Waals surface area (Å²) in [6.07, 6.45) is 3.27. The van der Waals surface area contributed by atoms with Gasteiger partial charge < -0.3 is 5.32 Å². The summed E-state index contributed by atoms with van der Waals surface area (Å²) in [5.74, 6) is -0.390. The molecule has 0 fully saturated rings. The summed E-state index contributed by atoms with van der Waals surface area (Å²) >= 11 is 0. The summed E-state index contributed by atoms with van der Waals surface area (Å²) in [5, 5.41) is 2.48. The van der Waals surface area contributed by atoms with Gasteiger partial charge in [-0.1, -0.05) is 13.0 Å². The highest BCUT2D eigenvalue weighted by molar-refractivity contribution is 7.91. The highest BCUT2D eigenvalue weighted by Crippen LogP contribution is 1.93. The lowest BCUT2D eigenvalue weighted by Crippen LogP contribution is -2.29. The first kappa shape index (κ1) is 15.8. The van der Waals surface area contributed by atoms with Crippen LogP contribution in [0.15, 0.2) is 12.2 Å². The monoisotopic (exact) mass is 261 g/mol. The van der Waals surface area contributed by atoms with Gasteiger partial charge in [0.1, 0.15) is 0 Å². The Morgan fingerprint density at radius 2 is 1.88 bits per heavy atom. The molecular formula is C11H19NO4S. The van der Waals surface area contributed by atoms with E-state index in [-0.39, 0.29) is 42.6 Å². The van der Waals surface area contributed by atoms with Crippen molar-refractivity contribution in [2.75, 3.05) is 18.1 Å². The first-order chi connectivity index (χ1) is 7.91. The van der Waals surface area contributed by atoms with Crippen LogP contribution in [0.4, 0.5) is 0 Å². The molecule has 17 heavy (non-hydrogen) atoms. The van der Waals surface area contributed by atoms with Crippen molar-refractivity contribution in [3.05, 3.63) is 12.2 Å². The lowest BCUT2D eigenvalue weighted by Gasteiger charge is -2.04. The highest BCUT2D eigenvalue weighted by Gasteiger charge is 2.08. The van der Waals surface area contributed by atoms with E-state index in [4.69, 9.17) is 0 Å². The topological polar surface area (TPSA) is 80.3 Å². The van der Waals surface area contributed by atoms with Crippen LogP contribution < -0.4 is 5.32 Å². The van der Waals surface area contributed by atoms with Crippen LogP contribution in [0, 0.1) is 0 Å². The van der Waals surface area contributed by atoms with Gasteiger partial charge >= 0.3 is 0 Å². The van der Waals surface area contributed by atoms with Crippen molar-refractivity contribution in [2.45, 2.75) is 26.7 Å². The molecule has 98 valence electrons. The van der Waals surface area contributed by atoms with Gasteiger partial charge in [-0.25, -0.2) is 8.42 Å². The minimum Gasteiger partial charge on any atom is -0.355 e. The Morgan fingerprint density at radius 3 is 2.41 bits per heavy atom. The molecule has 0 aliphatic heterocycles. The van der Waals surface area contributed by atoms with E-state index in [1.54, 1.807) is 19.9 Å². The molecule has 0 radical (unpaired) electrons. The van der Waals surface area contributed by atoms with Crippen molar-refractivity contribution in [3.63, 3.8) is 0 Å². The molecule has 5 nitrogen and oxygen atoms in total. The quantitative estimate of drug-likeness (QED) is 0.644. The maximum atomic E-state index is 11.2. The highest BCUT2D eigenvalue weighted by atomic mass is 32.2. The Hall–Kier alpha value is -1.17. The predicted octanol–water partition coefficient (Wildman–Crippen LogP) is 0.463. The fourth-order valence-corrected chi connectivity index (χ4v) is 1.79. The number of amides is 1. The number of sulfone groups is 1. The third kappa shape index (κ3) is 8.62. The molecular weight excluding hydrogens is 242 g/mol. The number of allylic oxidation sites excluding steroid dienone is 2. The molecule has 0 unspecified atom stereocenters. The maximum absolute atomic E-state index is 11.2. The van der Waals surface area contributed by atoms with Crippen molar-refractivity contribution < 1.29 is 18.0 Å². The molecule has 0 aliphatic carbocycles. The summed E-state index contributed by atoms with van der Waals surface area (Å²) in [7, 11) is -3.05. The minimum atomic E-state index is -3.05. The van der Waals surface area contributed by atoms with Crippen LogP contribution in [0.5, 0.6) is 0 Å². The summed E-state index contributed by atoms with van der Waals surface area (Å²) in [4.78, 5) is 22.3. The Kier molecular flexibility index (Phi) is 7.45. The average Bonchev–Trinajstić information content (AvgIpc) is 2.26. The third-order valence-corrected chi connectivity index (χ3v) is 3.83. The van der Waals surface area contributed by atoms with Crippen LogP contribution >= 0.6 is 0 Å². The zero-order valence-electron chi connectivity index (χ0n) is 10.2. The van der Waals surface area contributed by atoms with Gasteiger partial charge in [-0.15, -0.1) is 0 Å². The van der Waals surface area contributed by atoms with E-state index in [9.17, 15) is 18.0 Å². The Morgan fingerprint density at radius 1 is 1.24 bits per heavy atom. The van der Waals surface area contributed by atoms with Crippen LogP contribution in [0.1, 0.15) is 26.7 Å². The number of carbonyl (C=O) groups excluding carboxylic acids is 2. The SMILES string of the molecule is C/C=C/C(=O)CCC(=O)NCCS(=O)(=O)CC. The Bertz CT molecular complexity index is 384. The van der Waals surface area contributed by atoms with Crippen LogP contribution in [0.25, 0.3) is 0 Å². The largest absolute Gasteiger partial charge is 0.355 e. The standard InChI is InChI=1S/C11H19NO4S/c1-3-5-10(13)6-7-11(14)12-8-9-17(15,16)4-2/h3,5H,4,6-9H2,1-2H3,(H,12,14)/b5-3+. The van der Waals surface area contributed by atoms with Crippen molar-refractivity contribution in [3.8, 4) is 0 Å². The zero-order valence-corrected chi connectivity index (χ0v) is 11.0. The number of ketones is 1. The first-order valence-corrected chi connectivity index (χ1v) is 7.36. The molecule has 0 aromatic carbocycles. The van der Waals surface area contributed by atoms with Gasteiger partial charge in [0, 0.05) is 25.1 Å². The van der Waals surface area contributed by atoms with E-state index in [1.165, 1.54) is 6.08 Å². The number of rotatable bonds is 8. The molecule has 6 heteroatoms. The molecule has 0 saturated carbocycles. The van der Waals surface area contributed by atoms with E-state index in [2.05, 4.69) is 5.32 Å². The molecule has 0 heterocycles. The second kappa shape index (κ2) is 8.00. The van der Waals surface area contributed by atoms with Gasteiger partial charge in [-0.05, 0) is 13.0 Å². The summed E-state index contributed by atoms with van der Waals surface area (Å²) in [6.45, 7) is 3.40. The van der Waals surface area contributed by atoms with Crippen molar-refractivity contribution in [1.82, 2.24) is 5.32 Å². The molecule has 0 spiro atoms. The lowest BCUT2D eigenvalue weighted by atomic mass is 10.2. The van der Waals surface area contributed by atoms with Crippen molar-refractivity contribution in [1.29, 1.82) is 0 Å². The molecule has 0 saturated heterocycles. The number of hydrogen-bond donors (Lipinski definition) is 1. The second-order valence-electron chi connectivity index (χ2n) is 3.55. The molecule has 0 aromatic rings. The van der Waals surface area contributed by atoms with Crippen LogP contribution in [0.2, 0.25) is 0 Å². The Balaban J connectivity index is 3.78. The van der Waals surface area contributed by atoms with Gasteiger partial charge in [0.15, 0.2) is 15.6 Å². The lowest BCUT2D eigenvalue weighted by molar-refractivity contribution is -0.123. The fourth-order valence-electron chi connectivity index (χ4n) is 1.08. The van der Waals surface area contributed by atoms with Crippen molar-refractivity contribution >= 4 is 21.5 Å². The van der Waals surface area contributed by atoms with Gasteiger partial charge in [0.05, 0.1) is 5.75 Å². The third-order valence-electron chi connectivity index (χ3n) is 2.13. The summed E-state index contributed by atoms with van der Waals surface area (Å²) in [5.41, 5.74) is 0. The van der Waals surface area contributed by atoms with Gasteiger partial charge in [-0.3, -0.25) is 9.59 Å². The second-order valence-corrected chi connectivity index (χ2v) is 6.03. The van der Waals surface area contributed by atoms with Crippen LogP contribution in [-0.2, 0) is 19.4 Å². The number of carbonyl (C=O) groups is 2. The molecule has 0 aliphatic rings. The summed E-state index contributed by atoms with van der Waals surface area (Å²) in [6, 6.07) is 0. The predicted molar refractivity (Wildman–Crippen MR) is 66.4 cm³/mol. The number of nitrogens with one attached hydrogen (secondary N) is 1. The molecule has 0 bridgehead atoms. The zero-order chi connectivity index (χ0) is 13.3. The van der Waals surface area contributed by atoms with Gasteiger partial charge in [0.2, 0.25) is 5.91 Å². The normalized spacial score (nSPS) is 11.6. The molecule has 1 amide bonds. The van der Waals surface area contributed by atoms with E-state index < -0.39 is 9.84 Å². The molecule has 1 N–H and O–H groups in total. The van der Waals surface area contributed by atoms with Gasteiger partial charge in [-0.2, -0.15) is 0 Å². The van der Waals surface area contributed by atoms with Crippen molar-refractivity contribution in [2.24, 2.45) is 0 Å². The van der Waals surface area contributed by atoms with E-state index in [0.29, 0.717) is 0 Å². The molecule has 0 aromatic heterocycles. The molecule has 0 atom stereocenters. The smallest absolute Gasteiger partial charge is 0.220 e. The van der Waals surface area contributed by atoms with Crippen LogP contribution in [-0.4, -0.2) is 38.2 Å². The van der Waals surface area contributed by atoms with E-state index in [1.807, 2.05) is 0 Å². The summed E-state index contributed by atoms with van der Waals surface area (Å²) < 4.78 is 22.2. The maximum Gasteiger partial charge on any atom is 0.220 e.